The Morgan fingerprint density at radius 3 is 2.64 bits per heavy atom. The van der Waals surface area contributed by atoms with Crippen molar-refractivity contribution in [3.63, 3.8) is 0 Å². The van der Waals surface area contributed by atoms with Crippen LogP contribution in [0.25, 0.3) is 0 Å². The Kier molecular flexibility index (Phi) is 5.70. The van der Waals surface area contributed by atoms with Crippen molar-refractivity contribution in [2.75, 3.05) is 13.2 Å². The third-order valence-electron chi connectivity index (χ3n) is 2.94. The summed E-state index contributed by atoms with van der Waals surface area (Å²) in [4.78, 5) is 11.8. The largest absolute Gasteiger partial charge is 0.442 e. The van der Waals surface area contributed by atoms with Crippen molar-refractivity contribution in [2.24, 2.45) is 0 Å². The van der Waals surface area contributed by atoms with Crippen LogP contribution < -0.4 is 5.76 Å². The van der Waals surface area contributed by atoms with E-state index in [2.05, 4.69) is 9.68 Å². The summed E-state index contributed by atoms with van der Waals surface area (Å²) in [6, 6.07) is 4.30. The number of nitrogens with zero attached hydrogens (tertiary/aromatic N) is 2. The van der Waals surface area contributed by atoms with Crippen molar-refractivity contribution < 1.29 is 18.4 Å². The van der Waals surface area contributed by atoms with E-state index in [1.807, 2.05) is 0 Å². The van der Waals surface area contributed by atoms with E-state index in [9.17, 15) is 9.18 Å². The molecule has 1 heterocycles. The van der Waals surface area contributed by atoms with Crippen LogP contribution in [0.2, 0.25) is 5.02 Å². The number of ether oxygens (including phenoxy) is 2. The summed E-state index contributed by atoms with van der Waals surface area (Å²) in [7, 11) is 0. The van der Waals surface area contributed by atoms with Crippen LogP contribution in [0.1, 0.15) is 31.5 Å². The van der Waals surface area contributed by atoms with Crippen LogP contribution in [0.3, 0.4) is 0 Å². The number of halogens is 2. The average Bonchev–Trinajstić information content (AvgIpc) is 2.84. The molecule has 2 aromatic rings. The van der Waals surface area contributed by atoms with E-state index in [0.717, 1.165) is 4.57 Å². The fourth-order valence-electron chi connectivity index (χ4n) is 1.94. The zero-order valence-corrected chi connectivity index (χ0v) is 13.0. The maximum Gasteiger partial charge on any atom is 0.442 e. The van der Waals surface area contributed by atoms with E-state index in [1.165, 1.54) is 12.1 Å². The Hall–Kier alpha value is -1.70. The summed E-state index contributed by atoms with van der Waals surface area (Å²) < 4.78 is 30.5. The van der Waals surface area contributed by atoms with Crippen LogP contribution in [0.4, 0.5) is 4.39 Å². The van der Waals surface area contributed by atoms with Crippen molar-refractivity contribution >= 4 is 11.6 Å². The van der Waals surface area contributed by atoms with Gasteiger partial charge in [0.25, 0.3) is 0 Å². The first-order chi connectivity index (χ1) is 10.6. The lowest BCUT2D eigenvalue weighted by Gasteiger charge is -2.16. The summed E-state index contributed by atoms with van der Waals surface area (Å²) in [6.07, 6.45) is -0.869. The lowest BCUT2D eigenvalue weighted by Crippen LogP contribution is -2.23. The maximum atomic E-state index is 13.9. The lowest BCUT2D eigenvalue weighted by atomic mass is 10.2. The molecule has 0 aliphatic carbocycles. The SMILES string of the molecule is CCOC(OCC)c1noc(=O)n1Cc1c(F)cccc1Cl. The van der Waals surface area contributed by atoms with E-state index in [-0.39, 0.29) is 23.0 Å². The summed E-state index contributed by atoms with van der Waals surface area (Å²) in [5.74, 6) is -1.12. The summed E-state index contributed by atoms with van der Waals surface area (Å²) in [5.41, 5.74) is 0.169. The Morgan fingerprint density at radius 1 is 1.36 bits per heavy atom. The lowest BCUT2D eigenvalue weighted by molar-refractivity contribution is -0.147. The summed E-state index contributed by atoms with van der Waals surface area (Å²) >= 11 is 5.98. The number of hydrogen-bond acceptors (Lipinski definition) is 5. The predicted octanol–water partition coefficient (Wildman–Crippen LogP) is 2.75. The molecule has 0 fully saturated rings. The van der Waals surface area contributed by atoms with E-state index in [0.29, 0.717) is 13.2 Å². The topological polar surface area (TPSA) is 66.5 Å². The van der Waals surface area contributed by atoms with E-state index >= 15 is 0 Å². The average molecular weight is 331 g/mol. The molecule has 0 spiro atoms. The molecule has 0 bridgehead atoms. The number of rotatable bonds is 7. The first kappa shape index (κ1) is 16.7. The molecule has 1 aromatic carbocycles. The fourth-order valence-corrected chi connectivity index (χ4v) is 2.16. The molecular weight excluding hydrogens is 315 g/mol. The molecule has 0 aliphatic heterocycles. The highest BCUT2D eigenvalue weighted by molar-refractivity contribution is 6.31. The zero-order valence-electron chi connectivity index (χ0n) is 12.2. The highest BCUT2D eigenvalue weighted by Gasteiger charge is 2.23. The van der Waals surface area contributed by atoms with Crippen LogP contribution in [-0.4, -0.2) is 22.9 Å². The molecule has 0 radical (unpaired) electrons. The first-order valence-electron chi connectivity index (χ1n) is 6.81. The van der Waals surface area contributed by atoms with Gasteiger partial charge in [0.1, 0.15) is 5.82 Å². The molecule has 0 aliphatic rings. The van der Waals surface area contributed by atoms with Crippen LogP contribution in [0.5, 0.6) is 0 Å². The number of benzene rings is 1. The van der Waals surface area contributed by atoms with Gasteiger partial charge in [-0.25, -0.2) is 9.18 Å². The maximum absolute atomic E-state index is 13.9. The van der Waals surface area contributed by atoms with Gasteiger partial charge in [-0.3, -0.25) is 9.09 Å². The van der Waals surface area contributed by atoms with Gasteiger partial charge in [-0.1, -0.05) is 22.8 Å². The quantitative estimate of drug-likeness (QED) is 0.730. The van der Waals surface area contributed by atoms with Crippen LogP contribution >= 0.6 is 11.6 Å². The Labute approximate surface area is 131 Å². The molecule has 0 atom stereocenters. The minimum absolute atomic E-state index is 0.125. The molecule has 8 heteroatoms. The van der Waals surface area contributed by atoms with Crippen LogP contribution in [0, 0.1) is 5.82 Å². The van der Waals surface area contributed by atoms with Crippen molar-refractivity contribution in [3.05, 3.63) is 51.0 Å². The second-order valence-electron chi connectivity index (χ2n) is 4.34. The van der Waals surface area contributed by atoms with Gasteiger partial charge < -0.3 is 9.47 Å². The summed E-state index contributed by atoms with van der Waals surface area (Å²) in [5, 5.41) is 3.88. The van der Waals surface area contributed by atoms with E-state index in [4.69, 9.17) is 21.1 Å². The van der Waals surface area contributed by atoms with Crippen molar-refractivity contribution in [2.45, 2.75) is 26.7 Å². The standard InChI is InChI=1S/C14H16ClFN2O4/c1-3-20-13(21-4-2)12-17-22-14(19)18(12)8-9-10(15)6-5-7-11(9)16/h5-7,13H,3-4,8H2,1-2H3. The molecule has 0 amide bonds. The van der Waals surface area contributed by atoms with Crippen molar-refractivity contribution in [1.29, 1.82) is 0 Å². The van der Waals surface area contributed by atoms with Crippen molar-refractivity contribution in [1.82, 2.24) is 9.72 Å². The molecule has 2 rings (SSSR count). The fraction of sp³-hybridized carbons (Fsp3) is 0.429. The zero-order chi connectivity index (χ0) is 16.1. The molecule has 0 unspecified atom stereocenters. The third kappa shape index (κ3) is 3.55. The van der Waals surface area contributed by atoms with Gasteiger partial charge >= 0.3 is 5.76 Å². The molecule has 0 saturated heterocycles. The minimum Gasteiger partial charge on any atom is -0.346 e. The molecule has 0 saturated carbocycles. The Morgan fingerprint density at radius 2 is 2.05 bits per heavy atom. The predicted molar refractivity (Wildman–Crippen MR) is 77.3 cm³/mol. The monoisotopic (exact) mass is 330 g/mol. The van der Waals surface area contributed by atoms with Crippen LogP contribution in [-0.2, 0) is 16.0 Å². The summed E-state index contributed by atoms with van der Waals surface area (Å²) in [6.45, 7) is 4.14. The molecule has 0 N–H and O–H groups in total. The Balaban J connectivity index is 2.39. The number of hydrogen-bond donors (Lipinski definition) is 0. The molecule has 1 aromatic heterocycles. The molecule has 22 heavy (non-hydrogen) atoms. The van der Waals surface area contributed by atoms with Gasteiger partial charge in [-0.15, -0.1) is 0 Å². The minimum atomic E-state index is -0.869. The van der Waals surface area contributed by atoms with E-state index < -0.39 is 17.9 Å². The molecule has 6 nitrogen and oxygen atoms in total. The van der Waals surface area contributed by atoms with E-state index in [1.54, 1.807) is 19.9 Å². The highest BCUT2D eigenvalue weighted by atomic mass is 35.5. The highest BCUT2D eigenvalue weighted by Crippen LogP contribution is 2.22. The number of aromatic nitrogens is 2. The van der Waals surface area contributed by atoms with Gasteiger partial charge in [-0.05, 0) is 26.0 Å². The second-order valence-corrected chi connectivity index (χ2v) is 4.74. The second kappa shape index (κ2) is 7.53. The van der Waals surface area contributed by atoms with Gasteiger partial charge in [0.15, 0.2) is 0 Å². The first-order valence-corrected chi connectivity index (χ1v) is 7.18. The Bertz CT molecular complexity index is 659. The van der Waals surface area contributed by atoms with Gasteiger partial charge in [0.05, 0.1) is 6.54 Å². The van der Waals surface area contributed by atoms with Gasteiger partial charge in [-0.2, -0.15) is 0 Å². The van der Waals surface area contributed by atoms with Crippen LogP contribution in [0.15, 0.2) is 27.5 Å². The third-order valence-corrected chi connectivity index (χ3v) is 3.29. The van der Waals surface area contributed by atoms with Gasteiger partial charge in [0, 0.05) is 23.8 Å². The molecule has 120 valence electrons. The van der Waals surface area contributed by atoms with Gasteiger partial charge in [0.2, 0.25) is 12.1 Å². The van der Waals surface area contributed by atoms with Crippen molar-refractivity contribution in [3.8, 4) is 0 Å². The smallest absolute Gasteiger partial charge is 0.346 e. The normalized spacial score (nSPS) is 11.3. The molecular formula is C14H16ClFN2O4.